The molecule has 0 atom stereocenters. The second kappa shape index (κ2) is 6.98. The van der Waals surface area contributed by atoms with Gasteiger partial charge in [0.15, 0.2) is 5.96 Å². The van der Waals surface area contributed by atoms with Gasteiger partial charge in [0.05, 0.1) is 12.1 Å². The van der Waals surface area contributed by atoms with Gasteiger partial charge in [-0.3, -0.25) is 0 Å². The minimum atomic E-state index is -4.58. The molecule has 22 heavy (non-hydrogen) atoms. The highest BCUT2D eigenvalue weighted by atomic mass is 19.4. The number of halogens is 4. The van der Waals surface area contributed by atoms with Gasteiger partial charge in [0, 0.05) is 19.6 Å². The van der Waals surface area contributed by atoms with Gasteiger partial charge in [-0.15, -0.1) is 0 Å². The van der Waals surface area contributed by atoms with Gasteiger partial charge >= 0.3 is 6.18 Å². The zero-order valence-corrected chi connectivity index (χ0v) is 12.4. The Kier molecular flexibility index (Phi) is 5.26. The highest BCUT2D eigenvalue weighted by molar-refractivity contribution is 5.80. The predicted octanol–water partition coefficient (Wildman–Crippen LogP) is 3.41. The molecule has 0 radical (unpaired) electrons. The molecule has 1 saturated heterocycles. The van der Waals surface area contributed by atoms with E-state index in [1.165, 1.54) is 0 Å². The van der Waals surface area contributed by atoms with Crippen LogP contribution in [0.15, 0.2) is 23.2 Å². The van der Waals surface area contributed by atoms with E-state index in [1.54, 1.807) is 0 Å². The Morgan fingerprint density at radius 1 is 1.27 bits per heavy atom. The van der Waals surface area contributed by atoms with E-state index in [0.717, 1.165) is 38.1 Å². The summed E-state index contributed by atoms with van der Waals surface area (Å²) >= 11 is 0. The Hall–Kier alpha value is -1.79. The van der Waals surface area contributed by atoms with Crippen molar-refractivity contribution in [1.82, 2.24) is 10.2 Å². The number of hydrogen-bond acceptors (Lipinski definition) is 1. The average molecular weight is 317 g/mol. The van der Waals surface area contributed by atoms with Crippen molar-refractivity contribution in [3.8, 4) is 0 Å². The lowest BCUT2D eigenvalue weighted by Crippen LogP contribution is -2.39. The molecule has 0 saturated carbocycles. The Bertz CT molecular complexity index is 534. The zero-order chi connectivity index (χ0) is 16.2. The number of aliphatic imine (C=N–C) groups is 1. The van der Waals surface area contributed by atoms with Crippen LogP contribution in [0.25, 0.3) is 0 Å². The van der Waals surface area contributed by atoms with Crippen molar-refractivity contribution >= 4 is 5.96 Å². The second-order valence-corrected chi connectivity index (χ2v) is 5.16. The summed E-state index contributed by atoms with van der Waals surface area (Å²) in [5.74, 6) is -0.288. The van der Waals surface area contributed by atoms with Gasteiger partial charge < -0.3 is 10.2 Å². The summed E-state index contributed by atoms with van der Waals surface area (Å²) in [6, 6.07) is 2.70. The van der Waals surface area contributed by atoms with Crippen LogP contribution >= 0.6 is 0 Å². The van der Waals surface area contributed by atoms with Crippen molar-refractivity contribution in [3.63, 3.8) is 0 Å². The summed E-state index contributed by atoms with van der Waals surface area (Å²) in [6.07, 6.45) is -2.48. The first-order valence-electron chi connectivity index (χ1n) is 7.30. The first-order valence-corrected chi connectivity index (χ1v) is 7.30. The largest absolute Gasteiger partial charge is 0.416 e. The molecule has 0 aliphatic carbocycles. The summed E-state index contributed by atoms with van der Waals surface area (Å²) in [4.78, 5) is 6.31. The van der Waals surface area contributed by atoms with Crippen LogP contribution in [-0.4, -0.2) is 30.5 Å². The van der Waals surface area contributed by atoms with Crippen LogP contribution < -0.4 is 5.32 Å². The van der Waals surface area contributed by atoms with Crippen molar-refractivity contribution in [2.75, 3.05) is 19.6 Å². The summed E-state index contributed by atoms with van der Waals surface area (Å²) in [5, 5.41) is 3.08. The van der Waals surface area contributed by atoms with E-state index >= 15 is 0 Å². The van der Waals surface area contributed by atoms with Gasteiger partial charge in [-0.1, -0.05) is 6.07 Å². The van der Waals surface area contributed by atoms with Crippen molar-refractivity contribution < 1.29 is 17.6 Å². The van der Waals surface area contributed by atoms with Crippen LogP contribution in [0.1, 0.15) is 30.9 Å². The minimum Gasteiger partial charge on any atom is -0.357 e. The summed E-state index contributed by atoms with van der Waals surface area (Å²) in [6.45, 7) is 4.12. The molecule has 1 fully saturated rings. The third-order valence-corrected chi connectivity index (χ3v) is 3.52. The molecule has 0 spiro atoms. The number of guanidine groups is 1. The zero-order valence-electron chi connectivity index (χ0n) is 12.4. The smallest absolute Gasteiger partial charge is 0.357 e. The van der Waals surface area contributed by atoms with Crippen molar-refractivity contribution in [2.24, 2.45) is 4.99 Å². The molecule has 0 aromatic heterocycles. The molecule has 1 aliphatic heterocycles. The molecule has 0 amide bonds. The van der Waals surface area contributed by atoms with Gasteiger partial charge in [-0.05, 0) is 37.5 Å². The Morgan fingerprint density at radius 2 is 1.95 bits per heavy atom. The van der Waals surface area contributed by atoms with Gasteiger partial charge in [0.25, 0.3) is 0 Å². The number of nitrogens with one attached hydrogen (secondary N) is 1. The summed E-state index contributed by atoms with van der Waals surface area (Å²) in [7, 11) is 0. The molecule has 1 N–H and O–H groups in total. The van der Waals surface area contributed by atoms with Crippen molar-refractivity contribution in [1.29, 1.82) is 0 Å². The Balaban J connectivity index is 2.23. The lowest BCUT2D eigenvalue weighted by Gasteiger charge is -2.21. The van der Waals surface area contributed by atoms with E-state index in [4.69, 9.17) is 0 Å². The van der Waals surface area contributed by atoms with E-state index in [2.05, 4.69) is 10.3 Å². The standard InChI is InChI=1S/C15H19F4N3/c1-2-20-14(22-7-3-4-8-22)21-10-11-5-6-12(16)9-13(11)15(17,18)19/h5-6,9H,2-4,7-8,10H2,1H3,(H,20,21). The third-order valence-electron chi connectivity index (χ3n) is 3.52. The molecule has 0 bridgehead atoms. The van der Waals surface area contributed by atoms with Crippen LogP contribution in [0, 0.1) is 5.82 Å². The highest BCUT2D eigenvalue weighted by Crippen LogP contribution is 2.32. The highest BCUT2D eigenvalue weighted by Gasteiger charge is 2.33. The first-order chi connectivity index (χ1) is 10.4. The van der Waals surface area contributed by atoms with E-state index in [-0.39, 0.29) is 12.1 Å². The molecule has 1 aliphatic rings. The van der Waals surface area contributed by atoms with Crippen LogP contribution in [0.4, 0.5) is 17.6 Å². The maximum atomic E-state index is 13.1. The topological polar surface area (TPSA) is 27.6 Å². The number of nitrogens with zero attached hydrogens (tertiary/aromatic N) is 2. The van der Waals surface area contributed by atoms with Crippen LogP contribution in [0.2, 0.25) is 0 Å². The Labute approximate surface area is 127 Å². The number of likely N-dealkylation sites (tertiary alicyclic amines) is 1. The summed E-state index contributed by atoms with van der Waals surface area (Å²) in [5.41, 5.74) is -0.989. The van der Waals surface area contributed by atoms with Crippen molar-refractivity contribution in [2.45, 2.75) is 32.5 Å². The fourth-order valence-corrected chi connectivity index (χ4v) is 2.47. The number of benzene rings is 1. The molecule has 3 nitrogen and oxygen atoms in total. The molecule has 1 aromatic rings. The second-order valence-electron chi connectivity index (χ2n) is 5.16. The molecule has 1 heterocycles. The maximum Gasteiger partial charge on any atom is 0.416 e. The normalized spacial score (nSPS) is 16.2. The average Bonchev–Trinajstić information content (AvgIpc) is 2.97. The van der Waals surface area contributed by atoms with Gasteiger partial charge in [-0.2, -0.15) is 13.2 Å². The van der Waals surface area contributed by atoms with Crippen LogP contribution in [-0.2, 0) is 12.7 Å². The first kappa shape index (κ1) is 16.6. The van der Waals surface area contributed by atoms with Gasteiger partial charge in [0.1, 0.15) is 5.82 Å². The molecule has 0 unspecified atom stereocenters. The van der Waals surface area contributed by atoms with E-state index in [9.17, 15) is 17.6 Å². The lowest BCUT2D eigenvalue weighted by molar-refractivity contribution is -0.138. The number of hydrogen-bond donors (Lipinski definition) is 1. The lowest BCUT2D eigenvalue weighted by atomic mass is 10.1. The monoisotopic (exact) mass is 317 g/mol. The van der Waals surface area contributed by atoms with Crippen LogP contribution in [0.5, 0.6) is 0 Å². The van der Waals surface area contributed by atoms with E-state index in [0.29, 0.717) is 18.6 Å². The van der Waals surface area contributed by atoms with E-state index < -0.39 is 17.6 Å². The molecule has 122 valence electrons. The molecular formula is C15H19F4N3. The predicted molar refractivity (Wildman–Crippen MR) is 77.0 cm³/mol. The van der Waals surface area contributed by atoms with Gasteiger partial charge in [-0.25, -0.2) is 9.38 Å². The summed E-state index contributed by atoms with van der Waals surface area (Å²) < 4.78 is 52.0. The maximum absolute atomic E-state index is 13.1. The Morgan fingerprint density at radius 3 is 2.55 bits per heavy atom. The van der Waals surface area contributed by atoms with Gasteiger partial charge in [0.2, 0.25) is 0 Å². The fourth-order valence-electron chi connectivity index (χ4n) is 2.47. The molecular weight excluding hydrogens is 298 g/mol. The van der Waals surface area contributed by atoms with Crippen LogP contribution in [0.3, 0.4) is 0 Å². The number of alkyl halides is 3. The van der Waals surface area contributed by atoms with Crippen molar-refractivity contribution in [3.05, 3.63) is 35.1 Å². The third kappa shape index (κ3) is 4.11. The van der Waals surface area contributed by atoms with E-state index in [1.807, 2.05) is 11.8 Å². The quantitative estimate of drug-likeness (QED) is 0.526. The SMILES string of the molecule is CCNC(=NCc1ccc(F)cc1C(F)(F)F)N1CCCC1. The fraction of sp³-hybridized carbons (Fsp3) is 0.533. The molecule has 7 heteroatoms. The minimum absolute atomic E-state index is 0.0245. The molecule has 1 aromatic carbocycles. The number of rotatable bonds is 3. The molecule has 2 rings (SSSR count).